The average molecular weight is 371 g/mol. The Hall–Kier alpha value is -2.48. The second kappa shape index (κ2) is 12.8. The van der Waals surface area contributed by atoms with Crippen molar-refractivity contribution in [2.75, 3.05) is 13.1 Å². The lowest BCUT2D eigenvalue weighted by Gasteiger charge is -2.19. The van der Waals surface area contributed by atoms with Crippen LogP contribution in [0.5, 0.6) is 0 Å². The molecule has 0 radical (unpaired) electrons. The van der Waals surface area contributed by atoms with Crippen LogP contribution >= 0.6 is 0 Å². The smallest absolute Gasteiger partial charge is 0.407 e. The fourth-order valence-electron chi connectivity index (χ4n) is 2.01. The van der Waals surface area contributed by atoms with Crippen LogP contribution in [0.2, 0.25) is 0 Å². The summed E-state index contributed by atoms with van der Waals surface area (Å²) in [4.78, 5) is 37.0. The maximum atomic E-state index is 11.8. The summed E-state index contributed by atoms with van der Waals surface area (Å²) in [5, 5.41) is 17.6. The molecular weight excluding hydrogens is 342 g/mol. The maximum absolute atomic E-state index is 11.8. The van der Waals surface area contributed by atoms with Crippen LogP contribution in [0.3, 0.4) is 0 Å². The molecule has 0 aliphatic rings. The van der Waals surface area contributed by atoms with Gasteiger partial charge in [-0.2, -0.15) is 0 Å². The number of alkyl carbamates (subject to hydrolysis) is 1. The molecule has 0 saturated carbocycles. The van der Waals surface area contributed by atoms with E-state index in [1.165, 1.54) is 0 Å². The normalized spacial score (nSPS) is 11.8. The minimum Gasteiger partial charge on any atom is -0.480 e. The number of carboxylic acid groups (broad SMARTS) is 1. The van der Waals surface area contributed by atoms with Gasteiger partial charge in [0.2, 0.25) is 5.91 Å². The van der Waals surface area contributed by atoms with Gasteiger partial charge in [0.05, 0.1) is 0 Å². The van der Waals surface area contributed by atoms with Gasteiger partial charge in [-0.25, -0.2) is 9.59 Å². The second-order valence-corrected chi connectivity index (χ2v) is 6.79. The van der Waals surface area contributed by atoms with Gasteiger partial charge in [0.1, 0.15) is 11.6 Å². The van der Waals surface area contributed by atoms with Crippen LogP contribution in [0.25, 0.3) is 10.4 Å². The van der Waals surface area contributed by atoms with Gasteiger partial charge in [-0.05, 0) is 58.4 Å². The molecule has 0 spiro atoms. The van der Waals surface area contributed by atoms with E-state index in [2.05, 4.69) is 20.7 Å². The van der Waals surface area contributed by atoms with E-state index in [9.17, 15) is 19.5 Å². The summed E-state index contributed by atoms with van der Waals surface area (Å²) < 4.78 is 5.09. The van der Waals surface area contributed by atoms with Crippen LogP contribution in [0, 0.1) is 0 Å². The molecule has 0 aromatic rings. The third-order valence-electron chi connectivity index (χ3n) is 3.20. The Balaban J connectivity index is 3.99. The number of unbranched alkanes of at least 4 members (excludes halogenated alkanes) is 2. The van der Waals surface area contributed by atoms with Crippen molar-refractivity contribution >= 4 is 18.0 Å². The lowest BCUT2D eigenvalue weighted by atomic mass is 10.1. The van der Waals surface area contributed by atoms with Crippen molar-refractivity contribution in [3.63, 3.8) is 0 Å². The summed E-state index contributed by atoms with van der Waals surface area (Å²) in [5.74, 6) is -1.43. The van der Waals surface area contributed by atoms with Gasteiger partial charge in [-0.15, -0.1) is 0 Å². The monoisotopic (exact) mass is 371 g/mol. The molecule has 0 heterocycles. The van der Waals surface area contributed by atoms with Gasteiger partial charge < -0.3 is 20.5 Å². The fraction of sp³-hybridized carbons (Fsp3) is 0.812. The summed E-state index contributed by atoms with van der Waals surface area (Å²) >= 11 is 0. The van der Waals surface area contributed by atoms with E-state index >= 15 is 0 Å². The molecule has 0 saturated heterocycles. The van der Waals surface area contributed by atoms with E-state index < -0.39 is 23.7 Å². The molecule has 0 aliphatic carbocycles. The van der Waals surface area contributed by atoms with Gasteiger partial charge in [0.15, 0.2) is 0 Å². The van der Waals surface area contributed by atoms with Crippen LogP contribution in [0.1, 0.15) is 59.3 Å². The van der Waals surface area contributed by atoms with Crippen LogP contribution in [-0.2, 0) is 14.3 Å². The molecule has 0 bridgehead atoms. The Labute approximate surface area is 153 Å². The summed E-state index contributed by atoms with van der Waals surface area (Å²) in [5.41, 5.74) is 7.57. The van der Waals surface area contributed by atoms with Crippen LogP contribution in [0.15, 0.2) is 5.11 Å². The number of nitrogens with one attached hydrogen (secondary N) is 2. The molecule has 2 amide bonds. The Morgan fingerprint density at radius 1 is 1.19 bits per heavy atom. The molecular formula is C16H29N5O5. The first-order valence-corrected chi connectivity index (χ1v) is 8.65. The van der Waals surface area contributed by atoms with Crippen molar-refractivity contribution in [3.8, 4) is 0 Å². The zero-order valence-corrected chi connectivity index (χ0v) is 15.7. The molecule has 1 unspecified atom stereocenters. The van der Waals surface area contributed by atoms with Crippen molar-refractivity contribution in [1.29, 1.82) is 0 Å². The summed E-state index contributed by atoms with van der Waals surface area (Å²) in [7, 11) is 0. The zero-order valence-electron chi connectivity index (χ0n) is 15.7. The van der Waals surface area contributed by atoms with E-state index in [1.807, 2.05) is 0 Å². The van der Waals surface area contributed by atoms with E-state index in [0.717, 1.165) is 0 Å². The third kappa shape index (κ3) is 13.9. The number of carbonyl (C=O) groups is 3. The zero-order chi connectivity index (χ0) is 20.0. The largest absolute Gasteiger partial charge is 0.480 e. The van der Waals surface area contributed by atoms with E-state index in [0.29, 0.717) is 38.8 Å². The summed E-state index contributed by atoms with van der Waals surface area (Å²) in [6.45, 7) is 5.99. The Bertz CT molecular complexity index is 512. The molecule has 0 aromatic heterocycles. The molecule has 10 heteroatoms. The van der Waals surface area contributed by atoms with Crippen LogP contribution in [0.4, 0.5) is 4.79 Å². The van der Waals surface area contributed by atoms with Crippen molar-refractivity contribution in [3.05, 3.63) is 10.4 Å². The quantitative estimate of drug-likeness (QED) is 0.208. The average Bonchev–Trinajstić information content (AvgIpc) is 2.51. The minimum atomic E-state index is -1.09. The van der Waals surface area contributed by atoms with Gasteiger partial charge in [-0.3, -0.25) is 4.79 Å². The predicted molar refractivity (Wildman–Crippen MR) is 95.5 cm³/mol. The number of carboxylic acids is 1. The lowest BCUT2D eigenvalue weighted by Crippen LogP contribution is -2.40. The highest BCUT2D eigenvalue weighted by molar-refractivity contribution is 5.83. The maximum Gasteiger partial charge on any atom is 0.407 e. The third-order valence-corrected chi connectivity index (χ3v) is 3.20. The molecule has 1 atom stereocenters. The lowest BCUT2D eigenvalue weighted by molar-refractivity contribution is -0.142. The SMILES string of the molecule is CC(C)(C)OC(=O)NCCCCC(NC(=O)CCCCN=[N+]=[N-])C(=O)O. The number of rotatable bonds is 12. The number of amides is 2. The topological polar surface area (TPSA) is 153 Å². The Kier molecular flexibility index (Phi) is 11.6. The molecule has 26 heavy (non-hydrogen) atoms. The van der Waals surface area contributed by atoms with Gasteiger partial charge in [0.25, 0.3) is 0 Å². The molecule has 0 aliphatic heterocycles. The van der Waals surface area contributed by atoms with Crippen molar-refractivity contribution in [2.24, 2.45) is 5.11 Å². The summed E-state index contributed by atoms with van der Waals surface area (Å²) in [6.07, 6.45) is 2.15. The van der Waals surface area contributed by atoms with Crippen LogP contribution in [-0.4, -0.2) is 47.8 Å². The van der Waals surface area contributed by atoms with E-state index in [4.69, 9.17) is 10.3 Å². The number of nitrogens with zero attached hydrogens (tertiary/aromatic N) is 3. The Morgan fingerprint density at radius 2 is 1.88 bits per heavy atom. The second-order valence-electron chi connectivity index (χ2n) is 6.79. The minimum absolute atomic E-state index is 0.185. The first kappa shape index (κ1) is 23.5. The predicted octanol–water partition coefficient (Wildman–Crippen LogP) is 2.73. The number of ether oxygens (including phenoxy) is 1. The molecule has 10 nitrogen and oxygen atoms in total. The van der Waals surface area contributed by atoms with E-state index in [1.54, 1.807) is 20.8 Å². The highest BCUT2D eigenvalue weighted by Gasteiger charge is 2.19. The number of azide groups is 1. The molecule has 0 fully saturated rings. The standard InChI is InChI=1S/C16H29N5O5/c1-16(2,3)26-15(25)18-10-6-4-8-12(14(23)24)20-13(22)9-5-7-11-19-21-17/h12H,4-11H2,1-3H3,(H,18,25)(H,20,22)(H,23,24). The van der Waals surface area contributed by atoms with Crippen molar-refractivity contribution in [2.45, 2.75) is 70.9 Å². The van der Waals surface area contributed by atoms with Gasteiger partial charge >= 0.3 is 12.1 Å². The molecule has 0 rings (SSSR count). The van der Waals surface area contributed by atoms with E-state index in [-0.39, 0.29) is 18.7 Å². The summed E-state index contributed by atoms with van der Waals surface area (Å²) in [6, 6.07) is -0.957. The highest BCUT2D eigenvalue weighted by atomic mass is 16.6. The molecule has 148 valence electrons. The number of carbonyl (C=O) groups excluding carboxylic acids is 2. The number of aliphatic carboxylic acids is 1. The molecule has 0 aromatic carbocycles. The van der Waals surface area contributed by atoms with Crippen LogP contribution < -0.4 is 10.6 Å². The number of hydrogen-bond donors (Lipinski definition) is 3. The van der Waals surface area contributed by atoms with Gasteiger partial charge in [-0.1, -0.05) is 5.11 Å². The fourth-order valence-corrected chi connectivity index (χ4v) is 2.01. The first-order chi connectivity index (χ1) is 12.2. The first-order valence-electron chi connectivity index (χ1n) is 8.65. The highest BCUT2D eigenvalue weighted by Crippen LogP contribution is 2.07. The Morgan fingerprint density at radius 3 is 2.46 bits per heavy atom. The van der Waals surface area contributed by atoms with Crippen molar-refractivity contribution < 1.29 is 24.2 Å². The number of hydrogen-bond acceptors (Lipinski definition) is 5. The molecule has 3 N–H and O–H groups in total. The van der Waals surface area contributed by atoms with Gasteiger partial charge in [0, 0.05) is 24.4 Å². The van der Waals surface area contributed by atoms with Crippen molar-refractivity contribution in [1.82, 2.24) is 10.6 Å².